The summed E-state index contributed by atoms with van der Waals surface area (Å²) in [7, 11) is 0. The van der Waals surface area contributed by atoms with Crippen LogP contribution in [0.15, 0.2) is 24.3 Å². The lowest BCUT2D eigenvalue weighted by molar-refractivity contribution is 0.407. The summed E-state index contributed by atoms with van der Waals surface area (Å²) in [5.74, 6) is 0. The Kier molecular flexibility index (Phi) is 3.12. The highest BCUT2D eigenvalue weighted by Gasteiger charge is 2.20. The number of benzene rings is 1. The van der Waals surface area contributed by atoms with Crippen molar-refractivity contribution in [1.29, 1.82) is 0 Å². The second-order valence-corrected chi connectivity index (χ2v) is 4.50. The maximum atomic E-state index is 6.92. The van der Waals surface area contributed by atoms with Gasteiger partial charge in [-0.2, -0.15) is 0 Å². The van der Waals surface area contributed by atoms with Gasteiger partial charge in [0, 0.05) is 30.9 Å². The Bertz CT molecular complexity index is 381. The molecule has 16 heavy (non-hydrogen) atoms. The van der Waals surface area contributed by atoms with E-state index >= 15 is 0 Å². The van der Waals surface area contributed by atoms with Crippen LogP contribution in [0.5, 0.6) is 0 Å². The van der Waals surface area contributed by atoms with Gasteiger partial charge in [-0.25, -0.2) is 4.85 Å². The molecule has 1 saturated heterocycles. The molecule has 3 heteroatoms. The van der Waals surface area contributed by atoms with Crippen LogP contribution in [0.1, 0.15) is 13.8 Å². The Balaban J connectivity index is 2.14. The van der Waals surface area contributed by atoms with Crippen LogP contribution in [-0.4, -0.2) is 25.2 Å². The molecule has 3 nitrogen and oxygen atoms in total. The van der Waals surface area contributed by atoms with E-state index in [4.69, 9.17) is 6.57 Å². The summed E-state index contributed by atoms with van der Waals surface area (Å²) in [6.07, 6.45) is 0. The zero-order valence-corrected chi connectivity index (χ0v) is 9.77. The molecule has 2 rings (SSSR count). The molecule has 1 aromatic rings. The van der Waals surface area contributed by atoms with Gasteiger partial charge in [-0.15, -0.1) is 0 Å². The summed E-state index contributed by atoms with van der Waals surface area (Å²) < 4.78 is 0. The fourth-order valence-corrected chi connectivity index (χ4v) is 2.28. The van der Waals surface area contributed by atoms with Gasteiger partial charge in [-0.1, -0.05) is 12.1 Å². The zero-order valence-electron chi connectivity index (χ0n) is 9.77. The van der Waals surface area contributed by atoms with E-state index < -0.39 is 0 Å². The minimum absolute atomic E-state index is 0.518. The first-order valence-electron chi connectivity index (χ1n) is 5.67. The number of piperazine rings is 1. The van der Waals surface area contributed by atoms with Gasteiger partial charge < -0.3 is 10.2 Å². The molecule has 1 fully saturated rings. The van der Waals surface area contributed by atoms with Crippen molar-refractivity contribution in [2.45, 2.75) is 25.9 Å². The normalized spacial score (nSPS) is 25.2. The van der Waals surface area contributed by atoms with E-state index in [1.54, 1.807) is 0 Å². The van der Waals surface area contributed by atoms with Crippen molar-refractivity contribution in [1.82, 2.24) is 5.32 Å². The van der Waals surface area contributed by atoms with Crippen LogP contribution in [-0.2, 0) is 0 Å². The van der Waals surface area contributed by atoms with Gasteiger partial charge >= 0.3 is 0 Å². The lowest BCUT2D eigenvalue weighted by Crippen LogP contribution is -2.54. The maximum absolute atomic E-state index is 6.92. The van der Waals surface area contributed by atoms with Gasteiger partial charge in [-0.3, -0.25) is 0 Å². The Morgan fingerprint density at radius 2 is 1.75 bits per heavy atom. The topological polar surface area (TPSA) is 19.6 Å². The van der Waals surface area contributed by atoms with E-state index in [1.807, 2.05) is 24.3 Å². The van der Waals surface area contributed by atoms with E-state index in [0.29, 0.717) is 17.8 Å². The highest BCUT2D eigenvalue weighted by atomic mass is 15.2. The molecule has 1 N–H and O–H groups in total. The highest BCUT2D eigenvalue weighted by molar-refractivity contribution is 5.56. The quantitative estimate of drug-likeness (QED) is 0.726. The zero-order chi connectivity index (χ0) is 11.5. The van der Waals surface area contributed by atoms with Gasteiger partial charge in [0.15, 0.2) is 5.69 Å². The molecular formula is C13H17N3. The van der Waals surface area contributed by atoms with Crippen LogP contribution in [0, 0.1) is 6.57 Å². The lowest BCUT2D eigenvalue weighted by atomic mass is 10.1. The summed E-state index contributed by atoms with van der Waals surface area (Å²) in [5, 5.41) is 3.51. The van der Waals surface area contributed by atoms with Gasteiger partial charge in [0.2, 0.25) is 0 Å². The molecule has 0 amide bonds. The van der Waals surface area contributed by atoms with Crippen LogP contribution in [0.3, 0.4) is 0 Å². The predicted octanol–water partition coefficient (Wildman–Crippen LogP) is 2.42. The molecule has 0 saturated carbocycles. The van der Waals surface area contributed by atoms with Crippen molar-refractivity contribution >= 4 is 11.4 Å². The van der Waals surface area contributed by atoms with Crippen LogP contribution >= 0.6 is 0 Å². The predicted molar refractivity (Wildman–Crippen MR) is 67.0 cm³/mol. The van der Waals surface area contributed by atoms with Crippen molar-refractivity contribution in [3.8, 4) is 0 Å². The standard InChI is InChI=1S/C13H17N3/c1-10-8-16(9-11(2)15-10)13-6-4-12(14-3)5-7-13/h4-7,10-11,15H,8-9H2,1-2H3/t10-,11+. The smallest absolute Gasteiger partial charge is 0.187 e. The fourth-order valence-electron chi connectivity index (χ4n) is 2.28. The van der Waals surface area contributed by atoms with E-state index in [9.17, 15) is 0 Å². The largest absolute Gasteiger partial charge is 0.369 e. The van der Waals surface area contributed by atoms with Crippen LogP contribution in [0.2, 0.25) is 0 Å². The summed E-state index contributed by atoms with van der Waals surface area (Å²) in [6.45, 7) is 13.4. The third-order valence-electron chi connectivity index (χ3n) is 2.90. The maximum Gasteiger partial charge on any atom is 0.187 e. The monoisotopic (exact) mass is 215 g/mol. The molecule has 0 radical (unpaired) electrons. The van der Waals surface area contributed by atoms with Gasteiger partial charge in [-0.05, 0) is 26.0 Å². The minimum atomic E-state index is 0.518. The van der Waals surface area contributed by atoms with E-state index in [0.717, 1.165) is 13.1 Å². The molecule has 0 unspecified atom stereocenters. The Morgan fingerprint density at radius 1 is 1.19 bits per heavy atom. The molecular weight excluding hydrogens is 198 g/mol. The van der Waals surface area contributed by atoms with Crippen LogP contribution in [0.4, 0.5) is 11.4 Å². The van der Waals surface area contributed by atoms with E-state index in [2.05, 4.69) is 28.9 Å². The summed E-state index contributed by atoms with van der Waals surface area (Å²) in [4.78, 5) is 5.78. The van der Waals surface area contributed by atoms with Gasteiger partial charge in [0.25, 0.3) is 0 Å². The molecule has 1 aromatic carbocycles. The van der Waals surface area contributed by atoms with E-state index in [1.165, 1.54) is 5.69 Å². The second-order valence-electron chi connectivity index (χ2n) is 4.50. The molecule has 84 valence electrons. The first kappa shape index (κ1) is 11.0. The average Bonchev–Trinajstić information content (AvgIpc) is 2.28. The Morgan fingerprint density at radius 3 is 2.25 bits per heavy atom. The highest BCUT2D eigenvalue weighted by Crippen LogP contribution is 2.21. The number of nitrogens with zero attached hydrogens (tertiary/aromatic N) is 2. The minimum Gasteiger partial charge on any atom is -0.369 e. The average molecular weight is 215 g/mol. The van der Waals surface area contributed by atoms with Crippen LogP contribution < -0.4 is 10.2 Å². The number of hydrogen-bond acceptors (Lipinski definition) is 2. The SMILES string of the molecule is [C-]#[N+]c1ccc(N2C[C@@H](C)N[C@@H](C)C2)cc1. The third-order valence-corrected chi connectivity index (χ3v) is 2.90. The van der Waals surface area contributed by atoms with Crippen molar-refractivity contribution < 1.29 is 0 Å². The Labute approximate surface area is 96.9 Å². The number of rotatable bonds is 1. The third kappa shape index (κ3) is 2.34. The first-order valence-corrected chi connectivity index (χ1v) is 5.67. The molecule has 1 heterocycles. The van der Waals surface area contributed by atoms with Crippen molar-refractivity contribution in [3.05, 3.63) is 35.7 Å². The first-order chi connectivity index (χ1) is 7.69. The fraction of sp³-hybridized carbons (Fsp3) is 0.462. The summed E-state index contributed by atoms with van der Waals surface area (Å²) in [5.41, 5.74) is 1.92. The second kappa shape index (κ2) is 4.54. The summed E-state index contributed by atoms with van der Waals surface area (Å²) >= 11 is 0. The van der Waals surface area contributed by atoms with Gasteiger partial charge in [0.1, 0.15) is 0 Å². The lowest BCUT2D eigenvalue weighted by Gasteiger charge is -2.37. The van der Waals surface area contributed by atoms with Crippen LogP contribution in [0.25, 0.3) is 4.85 Å². The molecule has 1 aliphatic heterocycles. The van der Waals surface area contributed by atoms with Crippen molar-refractivity contribution in [2.75, 3.05) is 18.0 Å². The molecule has 2 atom stereocenters. The van der Waals surface area contributed by atoms with E-state index in [-0.39, 0.29) is 0 Å². The Hall–Kier alpha value is -1.53. The molecule has 0 aromatic heterocycles. The number of hydrogen-bond donors (Lipinski definition) is 1. The molecule has 0 aliphatic carbocycles. The van der Waals surface area contributed by atoms with Crippen molar-refractivity contribution in [2.24, 2.45) is 0 Å². The molecule has 1 aliphatic rings. The van der Waals surface area contributed by atoms with Gasteiger partial charge in [0.05, 0.1) is 6.57 Å². The number of nitrogens with one attached hydrogen (secondary N) is 1. The number of anilines is 1. The van der Waals surface area contributed by atoms with Crippen molar-refractivity contribution in [3.63, 3.8) is 0 Å². The summed E-state index contributed by atoms with van der Waals surface area (Å²) in [6, 6.07) is 8.89. The molecule has 0 spiro atoms. The molecule has 0 bridgehead atoms.